The Labute approximate surface area is 181 Å². The zero-order chi connectivity index (χ0) is 25.9. The molecule has 0 radical (unpaired) electrons. The summed E-state index contributed by atoms with van der Waals surface area (Å²) in [5.41, 5.74) is -2.49. The van der Waals surface area contributed by atoms with Gasteiger partial charge in [-0.15, -0.1) is 0 Å². The molecule has 1 fully saturated rings. The summed E-state index contributed by atoms with van der Waals surface area (Å²) >= 11 is 0. The van der Waals surface area contributed by atoms with Crippen molar-refractivity contribution in [1.82, 2.24) is 0 Å². The predicted octanol–water partition coefficient (Wildman–Crippen LogP) is 3.67. The first-order valence-corrected chi connectivity index (χ1v) is 10.4. The fourth-order valence-electron chi connectivity index (χ4n) is 2.55. The van der Waals surface area contributed by atoms with Gasteiger partial charge in [0, 0.05) is 0 Å². The van der Waals surface area contributed by atoms with Crippen LogP contribution in [0.25, 0.3) is 0 Å². The Morgan fingerprint density at radius 2 is 1.48 bits per heavy atom. The summed E-state index contributed by atoms with van der Waals surface area (Å²) in [6.45, 7) is 0.182. The lowest BCUT2D eigenvalue weighted by molar-refractivity contribution is -0.357. The molecular formula is C16H18F8O8S. The van der Waals surface area contributed by atoms with Crippen LogP contribution in [0.2, 0.25) is 0 Å². The van der Waals surface area contributed by atoms with Gasteiger partial charge in [0.05, 0.1) is 13.0 Å². The van der Waals surface area contributed by atoms with Crippen LogP contribution in [0.4, 0.5) is 35.1 Å². The first-order valence-electron chi connectivity index (χ1n) is 9.00. The number of esters is 2. The van der Waals surface area contributed by atoms with Crippen molar-refractivity contribution in [3.05, 3.63) is 12.2 Å². The predicted molar refractivity (Wildman–Crippen MR) is 90.1 cm³/mol. The molecule has 0 spiro atoms. The van der Waals surface area contributed by atoms with Crippen molar-refractivity contribution in [1.29, 1.82) is 0 Å². The minimum Gasteiger partial charge on any atom is -0.457 e. The molecule has 33 heavy (non-hydrogen) atoms. The van der Waals surface area contributed by atoms with Crippen LogP contribution in [0.5, 0.6) is 0 Å². The molecule has 192 valence electrons. The molecule has 0 saturated heterocycles. The van der Waals surface area contributed by atoms with Crippen molar-refractivity contribution in [2.24, 2.45) is 0 Å². The van der Waals surface area contributed by atoms with Crippen LogP contribution in [-0.4, -0.2) is 61.0 Å². The summed E-state index contributed by atoms with van der Waals surface area (Å²) in [5, 5.41) is -5.07. The van der Waals surface area contributed by atoms with Crippen LogP contribution in [0.1, 0.15) is 38.5 Å². The first-order chi connectivity index (χ1) is 14.7. The maximum Gasteiger partial charge on any atom is 0.468 e. The SMILES string of the molecule is C=C(C(=O)OC(OCCC(F)(F)S(=O)(=O)O)(C(=O)OC1CCCCC1)C(F)(F)F)C(F)(F)F. The number of halogens is 8. The Morgan fingerprint density at radius 3 is 1.91 bits per heavy atom. The number of hydrogen-bond acceptors (Lipinski definition) is 7. The van der Waals surface area contributed by atoms with E-state index in [-0.39, 0.29) is 12.8 Å². The highest BCUT2D eigenvalue weighted by Crippen LogP contribution is 2.40. The normalized spacial score (nSPS) is 18.3. The molecule has 0 aromatic carbocycles. The molecule has 0 aliphatic heterocycles. The average molecular weight is 522 g/mol. The van der Waals surface area contributed by atoms with E-state index >= 15 is 0 Å². The molecular weight excluding hydrogens is 504 g/mol. The van der Waals surface area contributed by atoms with Gasteiger partial charge < -0.3 is 14.2 Å². The van der Waals surface area contributed by atoms with Gasteiger partial charge in [0.15, 0.2) is 0 Å². The first kappa shape index (κ1) is 29.0. The third-order valence-electron chi connectivity index (χ3n) is 4.37. The smallest absolute Gasteiger partial charge is 0.457 e. The van der Waals surface area contributed by atoms with Gasteiger partial charge in [0.25, 0.3) is 0 Å². The fourth-order valence-corrected chi connectivity index (χ4v) is 2.89. The average Bonchev–Trinajstić information content (AvgIpc) is 2.64. The number of hydrogen-bond donors (Lipinski definition) is 1. The van der Waals surface area contributed by atoms with E-state index in [1.807, 2.05) is 0 Å². The van der Waals surface area contributed by atoms with E-state index in [1.165, 1.54) is 0 Å². The Kier molecular flexibility index (Phi) is 8.87. The van der Waals surface area contributed by atoms with Gasteiger partial charge >= 0.3 is 45.5 Å². The fraction of sp³-hybridized carbons (Fsp3) is 0.750. The quantitative estimate of drug-likeness (QED) is 0.160. The summed E-state index contributed by atoms with van der Waals surface area (Å²) in [6, 6.07) is 0. The molecule has 8 nitrogen and oxygen atoms in total. The Hall–Kier alpha value is -2.01. The van der Waals surface area contributed by atoms with Crippen LogP contribution in [0.3, 0.4) is 0 Å². The number of ether oxygens (including phenoxy) is 3. The molecule has 17 heteroatoms. The van der Waals surface area contributed by atoms with Crippen molar-refractivity contribution < 1.29 is 71.9 Å². The van der Waals surface area contributed by atoms with Crippen LogP contribution < -0.4 is 0 Å². The maximum absolute atomic E-state index is 13.8. The topological polar surface area (TPSA) is 116 Å². The van der Waals surface area contributed by atoms with E-state index in [9.17, 15) is 53.1 Å². The summed E-state index contributed by atoms with van der Waals surface area (Å²) in [4.78, 5) is 24.0. The van der Waals surface area contributed by atoms with Crippen LogP contribution in [-0.2, 0) is 33.9 Å². The van der Waals surface area contributed by atoms with E-state index in [4.69, 9.17) is 4.55 Å². The van der Waals surface area contributed by atoms with Gasteiger partial charge in [-0.05, 0) is 25.7 Å². The van der Waals surface area contributed by atoms with Gasteiger partial charge in [-0.1, -0.05) is 13.0 Å². The second-order valence-corrected chi connectivity index (χ2v) is 8.40. The van der Waals surface area contributed by atoms with Gasteiger partial charge in [-0.3, -0.25) is 4.55 Å². The van der Waals surface area contributed by atoms with Crippen molar-refractivity contribution in [2.45, 2.75) is 68.0 Å². The summed E-state index contributed by atoms with van der Waals surface area (Å²) in [7, 11) is -6.14. The van der Waals surface area contributed by atoms with Gasteiger partial charge in [-0.25, -0.2) is 9.59 Å². The van der Waals surface area contributed by atoms with E-state index in [2.05, 4.69) is 20.8 Å². The third-order valence-corrected chi connectivity index (χ3v) is 5.33. The zero-order valence-corrected chi connectivity index (χ0v) is 17.3. The standard InChI is InChI=1S/C16H18F8O8S/c1-9(15(19,20)21)11(25)32-14(16(22,23)24,12(26)31-10-5-3-2-4-6-10)30-8-7-13(17,18)33(27,28)29/h10H,1-8H2,(H,27,28,29). The molecule has 1 aliphatic rings. The van der Waals surface area contributed by atoms with E-state index in [1.54, 1.807) is 0 Å². The maximum atomic E-state index is 13.8. The van der Waals surface area contributed by atoms with Gasteiger partial charge in [0.1, 0.15) is 11.7 Å². The summed E-state index contributed by atoms with van der Waals surface area (Å²) < 4.78 is 148. The lowest BCUT2D eigenvalue weighted by Crippen LogP contribution is -2.59. The largest absolute Gasteiger partial charge is 0.468 e. The lowest BCUT2D eigenvalue weighted by Gasteiger charge is -2.34. The minimum absolute atomic E-state index is 0.0453. The molecule has 0 heterocycles. The van der Waals surface area contributed by atoms with E-state index < -0.39 is 70.2 Å². The van der Waals surface area contributed by atoms with Crippen molar-refractivity contribution >= 4 is 22.1 Å². The molecule has 1 atom stereocenters. The highest BCUT2D eigenvalue weighted by atomic mass is 32.2. The molecule has 0 bridgehead atoms. The van der Waals surface area contributed by atoms with Crippen LogP contribution >= 0.6 is 0 Å². The minimum atomic E-state index is -6.17. The lowest BCUT2D eigenvalue weighted by atomic mass is 9.98. The third kappa shape index (κ3) is 7.23. The molecule has 1 unspecified atom stereocenters. The van der Waals surface area contributed by atoms with E-state index in [0.717, 1.165) is 0 Å². The Bertz CT molecular complexity index is 846. The van der Waals surface area contributed by atoms with Crippen LogP contribution in [0, 0.1) is 0 Å². The summed E-state index contributed by atoms with van der Waals surface area (Å²) in [6.07, 6.45) is -13.6. The van der Waals surface area contributed by atoms with E-state index in [0.29, 0.717) is 19.3 Å². The second kappa shape index (κ2) is 10.1. The van der Waals surface area contributed by atoms with Crippen molar-refractivity contribution in [2.75, 3.05) is 6.61 Å². The second-order valence-electron chi connectivity index (χ2n) is 6.86. The zero-order valence-electron chi connectivity index (χ0n) is 16.5. The van der Waals surface area contributed by atoms with Gasteiger partial charge in [0.2, 0.25) is 0 Å². The monoisotopic (exact) mass is 522 g/mol. The highest BCUT2D eigenvalue weighted by Gasteiger charge is 2.69. The molecule has 1 saturated carbocycles. The summed E-state index contributed by atoms with van der Waals surface area (Å²) in [5.74, 6) is -10.4. The molecule has 1 rings (SSSR count). The molecule has 1 aliphatic carbocycles. The number of rotatable bonds is 9. The molecule has 0 aromatic rings. The van der Waals surface area contributed by atoms with Crippen molar-refractivity contribution in [3.8, 4) is 0 Å². The number of carbonyl (C=O) groups excluding carboxylic acids is 2. The van der Waals surface area contributed by atoms with Crippen LogP contribution in [0.15, 0.2) is 12.2 Å². The van der Waals surface area contributed by atoms with Gasteiger partial charge in [-0.2, -0.15) is 43.5 Å². The Balaban J connectivity index is 3.32. The Morgan fingerprint density at radius 1 is 0.970 bits per heavy atom. The highest BCUT2D eigenvalue weighted by molar-refractivity contribution is 7.86. The number of alkyl halides is 8. The molecule has 0 aromatic heterocycles. The molecule has 0 amide bonds. The number of carbonyl (C=O) groups is 2. The van der Waals surface area contributed by atoms with Crippen molar-refractivity contribution in [3.63, 3.8) is 0 Å². The molecule has 1 N–H and O–H groups in total.